The van der Waals surface area contributed by atoms with Gasteiger partial charge in [0.05, 0.1) is 5.56 Å². The molecule has 0 aromatic heterocycles. The van der Waals surface area contributed by atoms with Crippen LogP contribution in [0.4, 0.5) is 0 Å². The normalized spacial score (nSPS) is 9.42. The predicted octanol–water partition coefficient (Wildman–Crippen LogP) is 0.927. The minimum Gasteiger partial charge on any atom is -0.507 e. The third-order valence-corrected chi connectivity index (χ3v) is 1.93. The van der Waals surface area contributed by atoms with Crippen LogP contribution in [0.2, 0.25) is 0 Å². The number of benzene rings is 1. The quantitative estimate of drug-likeness (QED) is 0.385. The highest BCUT2D eigenvalue weighted by atomic mass is 127. The second-order valence-electron chi connectivity index (χ2n) is 2.29. The van der Waals surface area contributed by atoms with Crippen LogP contribution in [0.3, 0.4) is 0 Å². The van der Waals surface area contributed by atoms with Crippen LogP contribution in [0, 0.1) is 0 Å². The average molecular weight is 273 g/mol. The van der Waals surface area contributed by atoms with E-state index in [0.717, 1.165) is 9.79 Å². The van der Waals surface area contributed by atoms with E-state index in [4.69, 9.17) is 5.11 Å². The van der Waals surface area contributed by atoms with Gasteiger partial charge in [0.15, 0.2) is 13.6 Å². The molecule has 0 heterocycles. The number of phenolic OH excluding ortho intramolecular Hbond substituents is 1. The molecule has 0 amide bonds. The summed E-state index contributed by atoms with van der Waals surface area (Å²) >= 11 is 2.22. The zero-order valence-electron chi connectivity index (χ0n) is 6.33. The number of rotatable bonds is 3. The molecular weight excluding hydrogens is 266 g/mol. The number of alkyl halides is 1. The molecule has 1 aromatic carbocycles. The van der Waals surface area contributed by atoms with Crippen molar-refractivity contribution < 1.29 is 9.90 Å². The van der Waals surface area contributed by atoms with E-state index in [0.29, 0.717) is 11.8 Å². The van der Waals surface area contributed by atoms with Gasteiger partial charge in [-0.15, -0.1) is 0 Å². The van der Waals surface area contributed by atoms with Crippen LogP contribution >= 0.6 is 22.6 Å². The zero-order valence-corrected chi connectivity index (χ0v) is 8.48. The molecule has 1 N–H and O–H groups in total. The first kappa shape index (κ1) is 9.57. The van der Waals surface area contributed by atoms with Crippen LogP contribution in [0.1, 0.15) is 10.4 Å². The largest absolute Gasteiger partial charge is 0.507 e. The van der Waals surface area contributed by atoms with Crippen molar-refractivity contribution in [1.82, 2.24) is 0 Å². The molecule has 0 unspecified atom stereocenters. The summed E-state index contributed by atoms with van der Waals surface area (Å²) in [6, 6.07) is 4.98. The molecule has 0 saturated heterocycles. The fourth-order valence-corrected chi connectivity index (χ4v) is 1.39. The van der Waals surface area contributed by atoms with Gasteiger partial charge >= 0.3 is 0 Å². The monoisotopic (exact) mass is 273 g/mol. The lowest BCUT2D eigenvalue weighted by Gasteiger charge is -1.99. The number of carbonyl (C=O) groups is 1. The van der Waals surface area contributed by atoms with Gasteiger partial charge in [-0.2, -0.15) is 0 Å². The number of phenols is 1. The van der Waals surface area contributed by atoms with Crippen LogP contribution in [0.15, 0.2) is 18.2 Å². The van der Waals surface area contributed by atoms with Crippen LogP contribution < -0.4 is 5.46 Å². The Hall–Kier alpha value is -0.515. The first-order valence-corrected chi connectivity index (χ1v) is 4.98. The lowest BCUT2D eigenvalue weighted by atomic mass is 9.73. The van der Waals surface area contributed by atoms with Gasteiger partial charge in [0.1, 0.15) is 5.75 Å². The standard InChI is InChI=1S/C8H7BIO2/c10-5-9-7-1-2-8(12)6(3-7)4-11/h1-4,12H,5H2. The number of hydrogen-bond acceptors (Lipinski definition) is 2. The van der Waals surface area contributed by atoms with E-state index in [-0.39, 0.29) is 5.75 Å². The van der Waals surface area contributed by atoms with Crippen LogP contribution in [0.5, 0.6) is 5.75 Å². The van der Waals surface area contributed by atoms with Gasteiger partial charge in [-0.25, -0.2) is 0 Å². The van der Waals surface area contributed by atoms with Gasteiger partial charge in [0.2, 0.25) is 0 Å². The lowest BCUT2D eigenvalue weighted by molar-refractivity contribution is 0.112. The molecule has 0 spiro atoms. The molecule has 1 radical (unpaired) electrons. The van der Waals surface area contributed by atoms with E-state index in [1.807, 2.05) is 7.28 Å². The molecule has 0 atom stereocenters. The highest BCUT2D eigenvalue weighted by Gasteiger charge is 2.00. The lowest BCUT2D eigenvalue weighted by Crippen LogP contribution is -2.15. The summed E-state index contributed by atoms with van der Waals surface area (Å²) in [6.07, 6.45) is 0.653. The smallest absolute Gasteiger partial charge is 0.163 e. The van der Waals surface area contributed by atoms with Crippen molar-refractivity contribution >= 4 is 41.6 Å². The topological polar surface area (TPSA) is 37.3 Å². The van der Waals surface area contributed by atoms with E-state index in [1.165, 1.54) is 6.07 Å². The Bertz CT molecular complexity index is 288. The Morgan fingerprint density at radius 3 is 2.92 bits per heavy atom. The summed E-state index contributed by atoms with van der Waals surface area (Å²) in [5, 5.41) is 9.16. The van der Waals surface area contributed by atoms with Crippen molar-refractivity contribution in [3.05, 3.63) is 23.8 Å². The van der Waals surface area contributed by atoms with Crippen molar-refractivity contribution in [2.75, 3.05) is 4.33 Å². The third-order valence-electron chi connectivity index (χ3n) is 1.49. The molecule has 1 rings (SSSR count). The van der Waals surface area contributed by atoms with Gasteiger partial charge in [-0.1, -0.05) is 40.2 Å². The molecule has 0 aliphatic rings. The Labute approximate surface area is 85.4 Å². The first-order valence-electron chi connectivity index (χ1n) is 3.45. The van der Waals surface area contributed by atoms with E-state index < -0.39 is 0 Å². The third kappa shape index (κ3) is 2.23. The molecular formula is C8H7BIO2. The molecule has 0 aliphatic heterocycles. The molecule has 4 heteroatoms. The maximum atomic E-state index is 10.4. The van der Waals surface area contributed by atoms with E-state index in [2.05, 4.69) is 22.6 Å². The Balaban J connectivity index is 2.96. The summed E-state index contributed by atoms with van der Waals surface area (Å²) in [7, 11) is 1.98. The maximum Gasteiger partial charge on any atom is 0.163 e. The van der Waals surface area contributed by atoms with Crippen molar-refractivity contribution in [1.29, 1.82) is 0 Å². The predicted molar refractivity (Wildman–Crippen MR) is 57.8 cm³/mol. The highest BCUT2D eigenvalue weighted by molar-refractivity contribution is 14.1. The van der Waals surface area contributed by atoms with Crippen molar-refractivity contribution in [3.63, 3.8) is 0 Å². The number of halogens is 1. The minimum absolute atomic E-state index is 0.0376. The molecule has 1 aromatic rings. The van der Waals surface area contributed by atoms with Crippen molar-refractivity contribution in [3.8, 4) is 5.75 Å². The van der Waals surface area contributed by atoms with E-state index in [1.54, 1.807) is 12.1 Å². The molecule has 2 nitrogen and oxygen atoms in total. The van der Waals surface area contributed by atoms with Gasteiger partial charge in [0.25, 0.3) is 0 Å². The summed E-state index contributed by atoms with van der Waals surface area (Å²) < 4.78 is 0.890. The molecule has 0 saturated carbocycles. The molecule has 0 bridgehead atoms. The average Bonchev–Trinajstić information content (AvgIpc) is 2.09. The Morgan fingerprint density at radius 2 is 2.33 bits per heavy atom. The molecule has 0 fully saturated rings. The second kappa shape index (κ2) is 4.50. The Morgan fingerprint density at radius 1 is 1.58 bits per heavy atom. The van der Waals surface area contributed by atoms with Gasteiger partial charge in [0, 0.05) is 0 Å². The van der Waals surface area contributed by atoms with E-state index >= 15 is 0 Å². The van der Waals surface area contributed by atoms with Crippen molar-refractivity contribution in [2.45, 2.75) is 0 Å². The zero-order chi connectivity index (χ0) is 8.97. The van der Waals surface area contributed by atoms with Crippen LogP contribution in [-0.2, 0) is 0 Å². The van der Waals surface area contributed by atoms with Gasteiger partial charge in [-0.3, -0.25) is 4.79 Å². The number of aromatic hydroxyl groups is 1. The number of hydrogen-bond donors (Lipinski definition) is 1. The highest BCUT2D eigenvalue weighted by Crippen LogP contribution is 2.11. The fourth-order valence-electron chi connectivity index (χ4n) is 0.883. The minimum atomic E-state index is 0.0376. The molecule has 0 aliphatic carbocycles. The van der Waals surface area contributed by atoms with Crippen LogP contribution in [0.25, 0.3) is 0 Å². The number of aldehydes is 1. The van der Waals surface area contributed by atoms with E-state index in [9.17, 15) is 4.79 Å². The Kier molecular flexibility index (Phi) is 3.59. The first-order chi connectivity index (χ1) is 5.77. The number of carbonyl (C=O) groups excluding carboxylic acids is 1. The van der Waals surface area contributed by atoms with Crippen molar-refractivity contribution in [2.24, 2.45) is 0 Å². The SMILES string of the molecule is O=Cc1cc([B]CI)ccc1O. The van der Waals surface area contributed by atoms with Crippen LogP contribution in [-0.4, -0.2) is 23.0 Å². The summed E-state index contributed by atoms with van der Waals surface area (Å²) in [5.74, 6) is 0.0376. The molecule has 12 heavy (non-hydrogen) atoms. The fraction of sp³-hybridized carbons (Fsp3) is 0.125. The summed E-state index contributed by atoms with van der Waals surface area (Å²) in [5.41, 5.74) is 1.30. The van der Waals surface area contributed by atoms with Gasteiger partial charge in [-0.05, 0) is 10.4 Å². The summed E-state index contributed by atoms with van der Waals surface area (Å²) in [4.78, 5) is 10.4. The molecule has 61 valence electrons. The summed E-state index contributed by atoms with van der Waals surface area (Å²) in [6.45, 7) is 0. The maximum absolute atomic E-state index is 10.4. The second-order valence-corrected chi connectivity index (χ2v) is 3.18. The van der Waals surface area contributed by atoms with Gasteiger partial charge < -0.3 is 5.11 Å².